The van der Waals surface area contributed by atoms with Crippen LogP contribution in [0.2, 0.25) is 0 Å². The van der Waals surface area contributed by atoms with Gasteiger partial charge in [-0.1, -0.05) is 0 Å². The molecule has 0 amide bonds. The first kappa shape index (κ1) is 10.9. The molecule has 1 N–H and O–H groups in total. The van der Waals surface area contributed by atoms with Crippen molar-refractivity contribution in [2.45, 2.75) is 35.5 Å². The van der Waals surface area contributed by atoms with Gasteiger partial charge in [-0.2, -0.15) is 0 Å². The highest BCUT2D eigenvalue weighted by molar-refractivity contribution is 8.00. The van der Waals surface area contributed by atoms with Crippen LogP contribution in [0.1, 0.15) is 19.3 Å². The van der Waals surface area contributed by atoms with Gasteiger partial charge in [-0.3, -0.25) is 0 Å². The Bertz CT molecular complexity index is 356. The lowest BCUT2D eigenvalue weighted by Gasteiger charge is -2.13. The van der Waals surface area contributed by atoms with Gasteiger partial charge in [-0.05, 0) is 31.4 Å². The van der Waals surface area contributed by atoms with Crippen molar-refractivity contribution < 1.29 is 13.9 Å². The first-order chi connectivity index (χ1) is 7.16. The number of hydrogen-bond donors (Lipinski definition) is 1. The summed E-state index contributed by atoms with van der Waals surface area (Å²) in [7, 11) is 0. The third-order valence-electron chi connectivity index (χ3n) is 2.59. The van der Waals surface area contributed by atoms with Gasteiger partial charge < -0.3 is 5.11 Å². The zero-order valence-corrected chi connectivity index (χ0v) is 8.94. The van der Waals surface area contributed by atoms with Crippen LogP contribution in [0.5, 0.6) is 0 Å². The first-order valence-electron chi connectivity index (χ1n) is 4.96. The van der Waals surface area contributed by atoms with Crippen molar-refractivity contribution in [2.75, 3.05) is 0 Å². The normalized spacial score (nSPS) is 25.8. The van der Waals surface area contributed by atoms with Gasteiger partial charge in [0.25, 0.3) is 0 Å². The topological polar surface area (TPSA) is 20.2 Å². The van der Waals surface area contributed by atoms with Crippen molar-refractivity contribution in [1.82, 2.24) is 0 Å². The second-order valence-corrected chi connectivity index (χ2v) is 5.01. The van der Waals surface area contributed by atoms with Gasteiger partial charge in [-0.15, -0.1) is 11.8 Å². The van der Waals surface area contributed by atoms with E-state index >= 15 is 0 Å². The van der Waals surface area contributed by atoms with Crippen LogP contribution in [0, 0.1) is 11.6 Å². The summed E-state index contributed by atoms with van der Waals surface area (Å²) in [6.45, 7) is 0. The summed E-state index contributed by atoms with van der Waals surface area (Å²) in [5.74, 6) is -1.11. The highest BCUT2D eigenvalue weighted by atomic mass is 32.2. The number of hydrogen-bond acceptors (Lipinski definition) is 2. The van der Waals surface area contributed by atoms with Crippen LogP contribution in [0.4, 0.5) is 8.78 Å². The summed E-state index contributed by atoms with van der Waals surface area (Å²) in [6, 6.07) is 3.55. The van der Waals surface area contributed by atoms with E-state index in [1.807, 2.05) is 0 Å². The van der Waals surface area contributed by atoms with Gasteiger partial charge in [0.2, 0.25) is 0 Å². The molecule has 0 heterocycles. The molecule has 0 bridgehead atoms. The molecule has 1 fully saturated rings. The van der Waals surface area contributed by atoms with Gasteiger partial charge >= 0.3 is 0 Å². The smallest absolute Gasteiger partial charge is 0.139 e. The van der Waals surface area contributed by atoms with Gasteiger partial charge in [0.15, 0.2) is 0 Å². The molecule has 2 rings (SSSR count). The first-order valence-corrected chi connectivity index (χ1v) is 5.84. The monoisotopic (exact) mass is 230 g/mol. The second kappa shape index (κ2) is 4.49. The fourth-order valence-corrected chi connectivity index (χ4v) is 3.00. The van der Waals surface area contributed by atoms with Crippen molar-refractivity contribution in [3.63, 3.8) is 0 Å². The minimum Gasteiger partial charge on any atom is -0.392 e. The van der Waals surface area contributed by atoms with Crippen LogP contribution < -0.4 is 0 Å². The number of rotatable bonds is 2. The van der Waals surface area contributed by atoms with Crippen LogP contribution in [-0.4, -0.2) is 16.5 Å². The fourth-order valence-electron chi connectivity index (χ4n) is 1.78. The van der Waals surface area contributed by atoms with Crippen molar-refractivity contribution in [2.24, 2.45) is 0 Å². The lowest BCUT2D eigenvalue weighted by molar-refractivity contribution is 0.188. The van der Waals surface area contributed by atoms with Gasteiger partial charge in [0.1, 0.15) is 11.6 Å². The zero-order chi connectivity index (χ0) is 10.8. The Labute approximate surface area is 91.5 Å². The Kier molecular flexibility index (Phi) is 3.26. The molecule has 1 aliphatic carbocycles. The highest BCUT2D eigenvalue weighted by Crippen LogP contribution is 2.36. The number of thioether (sulfide) groups is 1. The van der Waals surface area contributed by atoms with Gasteiger partial charge in [0.05, 0.1) is 6.10 Å². The van der Waals surface area contributed by atoms with Crippen molar-refractivity contribution in [3.05, 3.63) is 29.8 Å². The average Bonchev–Trinajstić information content (AvgIpc) is 2.57. The standard InChI is InChI=1S/C11H12F2OS/c12-7-4-5-10(8(13)6-7)15-11-3-1-2-9(11)14/h4-6,9,11,14H,1-3H2/t9-,11-/m1/s1. The molecule has 4 heteroatoms. The SMILES string of the molecule is O[C@@H]1CCC[C@H]1Sc1ccc(F)cc1F. The maximum Gasteiger partial charge on any atom is 0.139 e. The average molecular weight is 230 g/mol. The van der Waals surface area contributed by atoms with Crippen LogP contribution in [-0.2, 0) is 0 Å². The number of benzene rings is 1. The summed E-state index contributed by atoms with van der Waals surface area (Å²) in [4.78, 5) is 0.419. The van der Waals surface area contributed by atoms with E-state index in [9.17, 15) is 13.9 Å². The number of halogens is 2. The van der Waals surface area contributed by atoms with Crippen LogP contribution >= 0.6 is 11.8 Å². The molecule has 1 saturated carbocycles. The lowest BCUT2D eigenvalue weighted by Crippen LogP contribution is -2.15. The maximum atomic E-state index is 13.3. The van der Waals surface area contributed by atoms with E-state index in [1.54, 1.807) is 0 Å². The number of aliphatic hydroxyl groups is 1. The summed E-state index contributed by atoms with van der Waals surface area (Å²) in [5, 5.41) is 9.62. The Balaban J connectivity index is 2.10. The molecule has 0 saturated heterocycles. The molecule has 1 aromatic carbocycles. The molecular formula is C11H12F2OS. The van der Waals surface area contributed by atoms with Crippen LogP contribution in [0.15, 0.2) is 23.1 Å². The van der Waals surface area contributed by atoms with Crippen LogP contribution in [0.3, 0.4) is 0 Å². The van der Waals surface area contributed by atoms with E-state index in [2.05, 4.69) is 0 Å². The van der Waals surface area contributed by atoms with Crippen molar-refractivity contribution in [1.29, 1.82) is 0 Å². The summed E-state index contributed by atoms with van der Waals surface area (Å²) >= 11 is 1.30. The molecule has 1 aliphatic rings. The lowest BCUT2D eigenvalue weighted by atomic mass is 10.3. The number of aliphatic hydroxyl groups excluding tert-OH is 1. The highest BCUT2D eigenvalue weighted by Gasteiger charge is 2.26. The molecule has 0 radical (unpaired) electrons. The summed E-state index contributed by atoms with van der Waals surface area (Å²) < 4.78 is 25.9. The molecule has 0 aromatic heterocycles. The molecule has 0 spiro atoms. The quantitative estimate of drug-likeness (QED) is 0.842. The predicted octanol–water partition coefficient (Wildman–Crippen LogP) is 2.97. The van der Waals surface area contributed by atoms with E-state index in [1.165, 1.54) is 23.9 Å². The molecule has 0 unspecified atom stereocenters. The molecule has 0 aliphatic heterocycles. The van der Waals surface area contributed by atoms with Gasteiger partial charge in [0, 0.05) is 16.2 Å². The van der Waals surface area contributed by atoms with E-state index in [0.29, 0.717) is 4.90 Å². The molecule has 15 heavy (non-hydrogen) atoms. The Morgan fingerprint density at radius 2 is 2.07 bits per heavy atom. The Morgan fingerprint density at radius 3 is 2.67 bits per heavy atom. The molecule has 1 aromatic rings. The van der Waals surface area contributed by atoms with Crippen LogP contribution in [0.25, 0.3) is 0 Å². The molecule has 1 nitrogen and oxygen atoms in total. The van der Waals surface area contributed by atoms with E-state index in [4.69, 9.17) is 0 Å². The van der Waals surface area contributed by atoms with Gasteiger partial charge in [-0.25, -0.2) is 8.78 Å². The molecule has 82 valence electrons. The second-order valence-electron chi connectivity index (χ2n) is 3.73. The third kappa shape index (κ3) is 2.49. The third-order valence-corrected chi connectivity index (χ3v) is 4.03. The van der Waals surface area contributed by atoms with E-state index < -0.39 is 11.6 Å². The largest absolute Gasteiger partial charge is 0.392 e. The minimum atomic E-state index is -0.566. The predicted molar refractivity (Wildman–Crippen MR) is 55.9 cm³/mol. The van der Waals surface area contributed by atoms with E-state index in [-0.39, 0.29) is 11.4 Å². The maximum absolute atomic E-state index is 13.3. The van der Waals surface area contributed by atoms with Crippen molar-refractivity contribution in [3.8, 4) is 0 Å². The fraction of sp³-hybridized carbons (Fsp3) is 0.455. The van der Waals surface area contributed by atoms with E-state index in [0.717, 1.165) is 25.3 Å². The summed E-state index contributed by atoms with van der Waals surface area (Å²) in [6.07, 6.45) is 2.28. The molecular weight excluding hydrogens is 218 g/mol. The minimum absolute atomic E-state index is 0.0463. The zero-order valence-electron chi connectivity index (χ0n) is 8.12. The van der Waals surface area contributed by atoms with Crippen molar-refractivity contribution >= 4 is 11.8 Å². The Morgan fingerprint density at radius 1 is 1.27 bits per heavy atom. The Hall–Kier alpha value is -0.610. The summed E-state index contributed by atoms with van der Waals surface area (Å²) in [5.41, 5.74) is 0. The molecule has 2 atom stereocenters.